The molecule has 10 heteroatoms. The summed E-state index contributed by atoms with van der Waals surface area (Å²) < 4.78 is 32.2. The van der Waals surface area contributed by atoms with Crippen molar-refractivity contribution in [1.82, 2.24) is 15.2 Å². The lowest BCUT2D eigenvalue weighted by Gasteiger charge is -2.38. The number of anilines is 1. The Balaban J connectivity index is 1.06. The van der Waals surface area contributed by atoms with Gasteiger partial charge < -0.3 is 20.7 Å². The van der Waals surface area contributed by atoms with Gasteiger partial charge in [0.25, 0.3) is 11.8 Å². The van der Waals surface area contributed by atoms with Gasteiger partial charge >= 0.3 is 0 Å². The van der Waals surface area contributed by atoms with Crippen LogP contribution in [0.1, 0.15) is 33.8 Å². The van der Waals surface area contributed by atoms with Crippen LogP contribution in [0.15, 0.2) is 54.7 Å². The third kappa shape index (κ3) is 4.78. The van der Waals surface area contributed by atoms with E-state index in [9.17, 15) is 18.4 Å². The van der Waals surface area contributed by atoms with Crippen LogP contribution in [0.3, 0.4) is 0 Å². The predicted octanol–water partition coefficient (Wildman–Crippen LogP) is 4.30. The van der Waals surface area contributed by atoms with Crippen molar-refractivity contribution >= 4 is 29.2 Å². The molecule has 196 valence electrons. The van der Waals surface area contributed by atoms with E-state index >= 15 is 0 Å². The summed E-state index contributed by atoms with van der Waals surface area (Å²) in [7, 11) is 0. The molecule has 1 saturated heterocycles. The molecule has 2 aliphatic heterocycles. The highest BCUT2D eigenvalue weighted by molar-refractivity contribution is 6.32. The molecule has 2 fully saturated rings. The average molecular weight is 539 g/mol. The summed E-state index contributed by atoms with van der Waals surface area (Å²) in [6, 6.07) is 14.3. The maximum Gasteiger partial charge on any atom is 0.282 e. The number of nitrogen functional groups attached to an aromatic ring is 1. The molecule has 2 aromatic carbocycles. The van der Waals surface area contributed by atoms with E-state index in [0.29, 0.717) is 35.1 Å². The van der Waals surface area contributed by atoms with Gasteiger partial charge in [0.1, 0.15) is 17.7 Å². The summed E-state index contributed by atoms with van der Waals surface area (Å²) in [6.45, 7) is -0.720. The van der Waals surface area contributed by atoms with Crippen molar-refractivity contribution in [2.75, 3.05) is 25.4 Å². The number of ether oxygens (including phenoxy) is 1. The highest BCUT2D eigenvalue weighted by Gasteiger charge is 2.46. The van der Waals surface area contributed by atoms with E-state index in [1.807, 2.05) is 12.1 Å². The molecule has 7 nitrogen and oxygen atoms in total. The third-order valence-electron chi connectivity index (χ3n) is 7.32. The molecular weight excluding hydrogens is 514 g/mol. The van der Waals surface area contributed by atoms with Gasteiger partial charge in [-0.15, -0.1) is 0 Å². The number of hydrogen-bond donors (Lipinski definition) is 2. The zero-order chi connectivity index (χ0) is 26.6. The molecule has 2 amide bonds. The Kier molecular flexibility index (Phi) is 5.98. The lowest BCUT2D eigenvalue weighted by Crippen LogP contribution is -2.58. The molecule has 0 spiro atoms. The Morgan fingerprint density at radius 1 is 1.13 bits per heavy atom. The van der Waals surface area contributed by atoms with E-state index in [1.165, 1.54) is 0 Å². The first-order valence-electron chi connectivity index (χ1n) is 12.4. The summed E-state index contributed by atoms with van der Waals surface area (Å²) >= 11 is 6.53. The normalized spacial score (nSPS) is 22.7. The van der Waals surface area contributed by atoms with Crippen molar-refractivity contribution in [2.45, 2.75) is 30.8 Å². The van der Waals surface area contributed by atoms with Crippen LogP contribution in [-0.2, 0) is 11.2 Å². The highest BCUT2D eigenvalue weighted by atomic mass is 35.5. The van der Waals surface area contributed by atoms with E-state index in [2.05, 4.69) is 10.3 Å². The van der Waals surface area contributed by atoms with Crippen LogP contribution >= 0.6 is 11.6 Å². The van der Waals surface area contributed by atoms with Crippen molar-refractivity contribution in [3.05, 3.63) is 76.4 Å². The smallest absolute Gasteiger partial charge is 0.282 e. The van der Waals surface area contributed by atoms with Crippen LogP contribution in [0.5, 0.6) is 5.75 Å². The fourth-order valence-electron chi connectivity index (χ4n) is 5.15. The fraction of sp³-hybridized carbons (Fsp3) is 0.321. The van der Waals surface area contributed by atoms with Crippen LogP contribution in [0.25, 0.3) is 11.1 Å². The zero-order valence-electron chi connectivity index (χ0n) is 20.3. The Morgan fingerprint density at radius 2 is 1.89 bits per heavy atom. The van der Waals surface area contributed by atoms with E-state index in [1.54, 1.807) is 42.6 Å². The summed E-state index contributed by atoms with van der Waals surface area (Å²) in [5, 5.41) is 3.47. The number of benzene rings is 2. The van der Waals surface area contributed by atoms with Crippen molar-refractivity contribution in [3.63, 3.8) is 0 Å². The molecule has 1 aliphatic carbocycles. The number of likely N-dealkylation sites (tertiary alicyclic amines) is 1. The molecular formula is C28H25ClF2N4O3. The van der Waals surface area contributed by atoms with Crippen molar-refractivity contribution in [3.8, 4) is 16.9 Å². The molecule has 38 heavy (non-hydrogen) atoms. The van der Waals surface area contributed by atoms with Gasteiger partial charge in [-0.2, -0.15) is 0 Å². The lowest BCUT2D eigenvalue weighted by molar-refractivity contribution is -0.122. The zero-order valence-corrected chi connectivity index (χ0v) is 21.1. The van der Waals surface area contributed by atoms with Crippen LogP contribution in [-0.4, -0.2) is 53.4 Å². The Bertz CT molecular complexity index is 1410. The minimum atomic E-state index is -2.80. The number of alkyl halides is 2. The number of hydrogen-bond acceptors (Lipinski definition) is 5. The van der Waals surface area contributed by atoms with Crippen molar-refractivity contribution in [2.24, 2.45) is 5.92 Å². The first-order valence-corrected chi connectivity index (χ1v) is 12.8. The SMILES string of the molecule is Nc1ccc(C2CC2C(=O)NCC2Cc3cc(-c4ccc(C(=O)N5CC(F)(F)C5)cc4)cc(Cl)c3O2)cn1. The number of rotatable bonds is 6. The second kappa shape index (κ2) is 9.23. The number of carbonyl (C=O) groups is 2. The topological polar surface area (TPSA) is 97.5 Å². The van der Waals surface area contributed by atoms with Crippen molar-refractivity contribution < 1.29 is 23.1 Å². The molecule has 0 radical (unpaired) electrons. The van der Waals surface area contributed by atoms with Gasteiger partial charge in [0.2, 0.25) is 5.91 Å². The largest absolute Gasteiger partial charge is 0.486 e. The molecule has 3 aliphatic rings. The standard InChI is InChI=1S/C28H25ClF2N4O3/c29-23-9-18(15-1-3-16(4-2-15)27(37)35-13-28(30,31)14-35)7-19-8-20(38-25(19)23)12-34-26(36)22-10-21(22)17-5-6-24(32)33-11-17/h1-7,9,11,20-22H,8,10,12-14H2,(H2,32,33)(H,34,36). The van der Waals surface area contributed by atoms with Crippen molar-refractivity contribution in [1.29, 1.82) is 0 Å². The first kappa shape index (κ1) is 24.6. The molecule has 3 atom stereocenters. The third-order valence-corrected chi connectivity index (χ3v) is 7.60. The van der Waals surface area contributed by atoms with Crippen LogP contribution in [0.2, 0.25) is 5.02 Å². The number of aromatic nitrogens is 1. The van der Waals surface area contributed by atoms with Gasteiger partial charge in [0.05, 0.1) is 24.7 Å². The van der Waals surface area contributed by atoms with Crippen LogP contribution in [0.4, 0.5) is 14.6 Å². The highest BCUT2D eigenvalue weighted by Crippen LogP contribution is 2.47. The minimum absolute atomic E-state index is 0.00486. The molecule has 1 saturated carbocycles. The number of halogens is 3. The second-order valence-corrected chi connectivity index (χ2v) is 10.6. The molecule has 3 aromatic rings. The van der Waals surface area contributed by atoms with Gasteiger partial charge in [-0.3, -0.25) is 9.59 Å². The van der Waals surface area contributed by atoms with E-state index in [0.717, 1.165) is 33.6 Å². The van der Waals surface area contributed by atoms with Crippen LogP contribution < -0.4 is 15.8 Å². The summed E-state index contributed by atoms with van der Waals surface area (Å²) in [6.07, 6.45) is 2.88. The maximum absolute atomic E-state index is 13.1. The number of nitrogens with one attached hydrogen (secondary N) is 1. The Labute approximate surface area is 222 Å². The van der Waals surface area contributed by atoms with E-state index in [-0.39, 0.29) is 23.8 Å². The average Bonchev–Trinajstić information content (AvgIpc) is 3.57. The van der Waals surface area contributed by atoms with Gasteiger partial charge in [-0.1, -0.05) is 29.8 Å². The Morgan fingerprint density at radius 3 is 2.58 bits per heavy atom. The number of carbonyl (C=O) groups excluding carboxylic acids is 2. The van der Waals surface area contributed by atoms with Gasteiger partial charge in [-0.25, -0.2) is 13.8 Å². The lowest BCUT2D eigenvalue weighted by atomic mass is 9.99. The predicted molar refractivity (Wildman–Crippen MR) is 138 cm³/mol. The number of amides is 2. The summed E-state index contributed by atoms with van der Waals surface area (Å²) in [5.41, 5.74) is 9.65. The van der Waals surface area contributed by atoms with Gasteiger partial charge in [-0.05, 0) is 59.4 Å². The van der Waals surface area contributed by atoms with Gasteiger partial charge in [0, 0.05) is 29.7 Å². The molecule has 1 aromatic heterocycles. The minimum Gasteiger partial charge on any atom is -0.486 e. The quantitative estimate of drug-likeness (QED) is 0.488. The first-order chi connectivity index (χ1) is 18.2. The van der Waals surface area contributed by atoms with E-state index < -0.39 is 24.9 Å². The number of fused-ring (bicyclic) bond motifs is 1. The number of nitrogens with two attached hydrogens (primary N) is 1. The summed E-state index contributed by atoms with van der Waals surface area (Å²) in [5.74, 6) is -2.06. The monoisotopic (exact) mass is 538 g/mol. The molecule has 3 heterocycles. The number of pyridine rings is 1. The van der Waals surface area contributed by atoms with Crippen LogP contribution in [0, 0.1) is 5.92 Å². The Hall–Kier alpha value is -3.72. The second-order valence-electron chi connectivity index (χ2n) is 10.2. The van der Waals surface area contributed by atoms with Gasteiger partial charge in [0.15, 0.2) is 0 Å². The summed E-state index contributed by atoms with van der Waals surface area (Å²) in [4.78, 5) is 30.3. The molecule has 6 rings (SSSR count). The molecule has 3 N–H and O–H groups in total. The fourth-order valence-corrected chi connectivity index (χ4v) is 5.43. The molecule has 3 unspecified atom stereocenters. The van der Waals surface area contributed by atoms with E-state index in [4.69, 9.17) is 22.1 Å². The maximum atomic E-state index is 13.1. The molecule has 0 bridgehead atoms. The number of nitrogens with zero attached hydrogens (tertiary/aromatic N) is 2.